The molecule has 1 N–H and O–H groups in total. The summed E-state index contributed by atoms with van der Waals surface area (Å²) in [4.78, 5) is 12.4. The topological polar surface area (TPSA) is 120 Å². The highest BCUT2D eigenvalue weighted by Crippen LogP contribution is 2.19. The van der Waals surface area contributed by atoms with Crippen molar-refractivity contribution < 1.29 is 17.6 Å². The van der Waals surface area contributed by atoms with E-state index in [1.807, 2.05) is 20.0 Å². The minimum atomic E-state index is -3.26. The van der Waals surface area contributed by atoms with E-state index >= 15 is 0 Å². The van der Waals surface area contributed by atoms with Crippen LogP contribution in [0.5, 0.6) is 0 Å². The summed E-state index contributed by atoms with van der Waals surface area (Å²) in [5, 5.41) is 14.6. The number of rotatable bonds is 7. The summed E-state index contributed by atoms with van der Waals surface area (Å²) >= 11 is 0. The molecule has 0 aliphatic carbocycles. The summed E-state index contributed by atoms with van der Waals surface area (Å²) in [5.74, 6) is -0.111. The van der Waals surface area contributed by atoms with Crippen molar-refractivity contribution in [3.63, 3.8) is 0 Å². The Bertz CT molecular complexity index is 1070. The van der Waals surface area contributed by atoms with Gasteiger partial charge in [-0.05, 0) is 37.6 Å². The van der Waals surface area contributed by atoms with Crippen molar-refractivity contribution >= 4 is 21.8 Å². The summed E-state index contributed by atoms with van der Waals surface area (Å²) in [7, 11) is -3.26. The van der Waals surface area contributed by atoms with Crippen molar-refractivity contribution in [3.05, 3.63) is 42.1 Å². The molecule has 0 atom stereocenters. The first-order chi connectivity index (χ1) is 13.3. The lowest BCUT2D eigenvalue weighted by Crippen LogP contribution is -2.14. The highest BCUT2D eigenvalue weighted by Gasteiger charge is 2.15. The molecule has 0 fully saturated rings. The van der Waals surface area contributed by atoms with Crippen LogP contribution in [0.3, 0.4) is 0 Å². The predicted octanol–water partition coefficient (Wildman–Crippen LogP) is 2.49. The molecule has 10 heteroatoms. The third-order valence-electron chi connectivity index (χ3n) is 4.06. The number of hydrogen-bond donors (Lipinski definition) is 1. The molecule has 148 valence electrons. The first-order valence-electron chi connectivity index (χ1n) is 8.79. The average molecular weight is 403 g/mol. The Balaban J connectivity index is 1.63. The molecule has 28 heavy (non-hydrogen) atoms. The quantitative estimate of drug-likeness (QED) is 0.643. The molecule has 9 nitrogen and oxygen atoms in total. The van der Waals surface area contributed by atoms with Gasteiger partial charge >= 0.3 is 6.01 Å². The minimum absolute atomic E-state index is 0.0238. The van der Waals surface area contributed by atoms with Gasteiger partial charge in [0.1, 0.15) is 5.69 Å². The van der Waals surface area contributed by atoms with Crippen molar-refractivity contribution in [1.82, 2.24) is 20.0 Å². The van der Waals surface area contributed by atoms with Crippen LogP contribution in [0, 0.1) is 0 Å². The first kappa shape index (κ1) is 19.7. The summed E-state index contributed by atoms with van der Waals surface area (Å²) in [6, 6.07) is 8.15. The van der Waals surface area contributed by atoms with Gasteiger partial charge in [-0.15, -0.1) is 5.10 Å². The molecule has 0 aliphatic rings. The lowest BCUT2D eigenvalue weighted by atomic mass is 10.1. The van der Waals surface area contributed by atoms with Gasteiger partial charge in [0.15, 0.2) is 9.84 Å². The summed E-state index contributed by atoms with van der Waals surface area (Å²) in [6.07, 6.45) is 1.86. The number of amides is 1. The third kappa shape index (κ3) is 4.45. The van der Waals surface area contributed by atoms with Crippen LogP contribution in [0.1, 0.15) is 32.4 Å². The zero-order valence-electron chi connectivity index (χ0n) is 15.8. The zero-order chi connectivity index (χ0) is 20.3. The standard InChI is InChI=1S/C18H21N5O4S/c1-4-28(25,26)14-7-5-13(6-8-14)11-16(24)19-18-21-20-17(27-18)15-9-10-23(22-15)12(2)3/h5-10,12H,4,11H2,1-3H3,(H,19,21,24). The largest absolute Gasteiger partial charge is 0.401 e. The van der Waals surface area contributed by atoms with Crippen molar-refractivity contribution in [1.29, 1.82) is 0 Å². The van der Waals surface area contributed by atoms with Gasteiger partial charge in [0.05, 0.1) is 17.1 Å². The van der Waals surface area contributed by atoms with E-state index in [1.165, 1.54) is 12.1 Å². The molecule has 1 amide bonds. The van der Waals surface area contributed by atoms with E-state index in [0.29, 0.717) is 11.3 Å². The number of nitrogens with one attached hydrogen (secondary N) is 1. The molecule has 0 bridgehead atoms. The van der Waals surface area contributed by atoms with Gasteiger partial charge < -0.3 is 4.42 Å². The molecule has 0 radical (unpaired) electrons. The maximum Gasteiger partial charge on any atom is 0.322 e. The second kappa shape index (κ2) is 7.93. The van der Waals surface area contributed by atoms with E-state index in [2.05, 4.69) is 20.6 Å². The summed E-state index contributed by atoms with van der Waals surface area (Å²) < 4.78 is 30.8. The van der Waals surface area contributed by atoms with Crippen molar-refractivity contribution in [2.45, 2.75) is 38.1 Å². The van der Waals surface area contributed by atoms with Crippen molar-refractivity contribution in [2.75, 3.05) is 11.1 Å². The maximum absolute atomic E-state index is 12.2. The Hall–Kier alpha value is -3.01. The van der Waals surface area contributed by atoms with Crippen LogP contribution >= 0.6 is 0 Å². The Morgan fingerprint density at radius 2 is 1.89 bits per heavy atom. The molecule has 3 rings (SSSR count). The van der Waals surface area contributed by atoms with E-state index in [9.17, 15) is 13.2 Å². The predicted molar refractivity (Wildman–Crippen MR) is 102 cm³/mol. The number of carbonyl (C=O) groups is 1. The molecule has 1 aromatic carbocycles. The summed E-state index contributed by atoms with van der Waals surface area (Å²) in [6.45, 7) is 5.59. The highest BCUT2D eigenvalue weighted by atomic mass is 32.2. The van der Waals surface area contributed by atoms with Crippen LogP contribution < -0.4 is 5.32 Å². The van der Waals surface area contributed by atoms with Crippen LogP contribution in [-0.2, 0) is 21.1 Å². The molecule has 0 aliphatic heterocycles. The Labute approximate surface area is 162 Å². The Morgan fingerprint density at radius 1 is 1.18 bits per heavy atom. The normalized spacial score (nSPS) is 11.7. The molecule has 0 spiro atoms. The van der Waals surface area contributed by atoms with Gasteiger partial charge in [0.2, 0.25) is 5.91 Å². The lowest BCUT2D eigenvalue weighted by Gasteiger charge is -2.04. The van der Waals surface area contributed by atoms with Crippen molar-refractivity contribution in [3.8, 4) is 11.6 Å². The van der Waals surface area contributed by atoms with Gasteiger partial charge in [0, 0.05) is 12.2 Å². The van der Waals surface area contributed by atoms with E-state index in [4.69, 9.17) is 4.42 Å². The van der Waals surface area contributed by atoms with Crippen LogP contribution in [0.2, 0.25) is 0 Å². The van der Waals surface area contributed by atoms with Gasteiger partial charge in [0.25, 0.3) is 5.89 Å². The molecule has 2 heterocycles. The van der Waals surface area contributed by atoms with E-state index in [1.54, 1.807) is 29.8 Å². The number of anilines is 1. The van der Waals surface area contributed by atoms with E-state index in [-0.39, 0.29) is 40.9 Å². The minimum Gasteiger partial charge on any atom is -0.401 e. The third-order valence-corrected chi connectivity index (χ3v) is 5.81. The van der Waals surface area contributed by atoms with Crippen LogP contribution in [-0.4, -0.2) is 40.1 Å². The Kier molecular flexibility index (Phi) is 5.59. The molecule has 2 aromatic heterocycles. The SMILES string of the molecule is CCS(=O)(=O)c1ccc(CC(=O)Nc2nnc(-c3ccn(C(C)C)n3)o2)cc1. The van der Waals surface area contributed by atoms with E-state index in [0.717, 1.165) is 0 Å². The number of hydrogen-bond acceptors (Lipinski definition) is 7. The number of benzene rings is 1. The molecule has 0 unspecified atom stereocenters. The number of carbonyl (C=O) groups excluding carboxylic acids is 1. The monoisotopic (exact) mass is 403 g/mol. The second-order valence-electron chi connectivity index (χ2n) is 6.46. The van der Waals surface area contributed by atoms with E-state index < -0.39 is 9.84 Å². The molecule has 0 saturated carbocycles. The first-order valence-corrected chi connectivity index (χ1v) is 10.4. The number of aromatic nitrogens is 4. The fourth-order valence-corrected chi connectivity index (χ4v) is 3.33. The Morgan fingerprint density at radius 3 is 2.50 bits per heavy atom. The zero-order valence-corrected chi connectivity index (χ0v) is 16.6. The van der Waals surface area contributed by atoms with Gasteiger partial charge in [-0.2, -0.15) is 5.10 Å². The number of nitrogens with zero attached hydrogens (tertiary/aromatic N) is 4. The lowest BCUT2D eigenvalue weighted by molar-refractivity contribution is -0.115. The van der Waals surface area contributed by atoms with Gasteiger partial charge in [-0.3, -0.25) is 14.8 Å². The van der Waals surface area contributed by atoms with Crippen LogP contribution in [0.4, 0.5) is 6.01 Å². The smallest absolute Gasteiger partial charge is 0.322 e. The molecular formula is C18H21N5O4S. The molecule has 0 saturated heterocycles. The number of sulfone groups is 1. The van der Waals surface area contributed by atoms with Gasteiger partial charge in [-0.25, -0.2) is 8.42 Å². The molecule has 3 aromatic rings. The summed E-state index contributed by atoms with van der Waals surface area (Å²) in [5.41, 5.74) is 1.19. The van der Waals surface area contributed by atoms with Crippen LogP contribution in [0.15, 0.2) is 45.8 Å². The fourth-order valence-electron chi connectivity index (χ4n) is 2.45. The fraction of sp³-hybridized carbons (Fsp3) is 0.333. The van der Waals surface area contributed by atoms with Crippen molar-refractivity contribution in [2.24, 2.45) is 0 Å². The van der Waals surface area contributed by atoms with Crippen LogP contribution in [0.25, 0.3) is 11.6 Å². The average Bonchev–Trinajstić information content (AvgIpc) is 3.31. The highest BCUT2D eigenvalue weighted by molar-refractivity contribution is 7.91. The van der Waals surface area contributed by atoms with Gasteiger partial charge in [-0.1, -0.05) is 24.2 Å². The maximum atomic E-state index is 12.2. The molecular weight excluding hydrogens is 382 g/mol. The second-order valence-corrected chi connectivity index (χ2v) is 8.74.